The van der Waals surface area contributed by atoms with Gasteiger partial charge >= 0.3 is 5.97 Å². The molecule has 1 atom stereocenters. The van der Waals surface area contributed by atoms with Gasteiger partial charge in [-0.2, -0.15) is 10.1 Å². The first-order chi connectivity index (χ1) is 12.3. The van der Waals surface area contributed by atoms with Crippen molar-refractivity contribution in [2.45, 2.75) is 12.1 Å². The van der Waals surface area contributed by atoms with Gasteiger partial charge in [-0.15, -0.1) is 0 Å². The van der Waals surface area contributed by atoms with E-state index < -0.39 is 17.6 Å². The van der Waals surface area contributed by atoms with Crippen LogP contribution in [0.4, 0.5) is 0 Å². The lowest BCUT2D eigenvalue weighted by Gasteiger charge is -2.31. The fraction of sp³-hybridized carbons (Fsp3) is 0.167. The fourth-order valence-corrected chi connectivity index (χ4v) is 3.20. The Balaban J connectivity index is 2.06. The van der Waals surface area contributed by atoms with Gasteiger partial charge in [-0.1, -0.05) is 45.7 Å². The molecule has 1 aliphatic rings. The Bertz CT molecular complexity index is 900. The van der Waals surface area contributed by atoms with Crippen molar-refractivity contribution in [1.29, 1.82) is 0 Å². The molecule has 6 nitrogen and oxygen atoms in total. The highest BCUT2D eigenvalue weighted by Gasteiger charge is 2.48. The number of rotatable bonds is 3. The van der Waals surface area contributed by atoms with Crippen molar-refractivity contribution in [3.8, 4) is 0 Å². The van der Waals surface area contributed by atoms with E-state index in [4.69, 9.17) is 11.6 Å². The van der Waals surface area contributed by atoms with Gasteiger partial charge in [0.25, 0.3) is 5.91 Å². The van der Waals surface area contributed by atoms with E-state index in [1.807, 2.05) is 0 Å². The zero-order valence-corrected chi connectivity index (χ0v) is 16.0. The van der Waals surface area contributed by atoms with Gasteiger partial charge in [0.15, 0.2) is 11.4 Å². The molecule has 0 bridgehead atoms. The summed E-state index contributed by atoms with van der Waals surface area (Å²) in [4.78, 5) is 24.9. The van der Waals surface area contributed by atoms with Crippen LogP contribution >= 0.6 is 27.5 Å². The summed E-state index contributed by atoms with van der Waals surface area (Å²) in [5.74, 6) is -1.26. The highest BCUT2D eigenvalue weighted by molar-refractivity contribution is 9.10. The number of halogens is 2. The highest BCUT2D eigenvalue weighted by Crippen LogP contribution is 2.37. The summed E-state index contributed by atoms with van der Waals surface area (Å²) >= 11 is 9.22. The molecule has 1 N–H and O–H groups in total. The third-order valence-electron chi connectivity index (χ3n) is 3.98. The molecule has 1 amide bonds. The van der Waals surface area contributed by atoms with Crippen LogP contribution in [-0.4, -0.2) is 34.8 Å². The van der Waals surface area contributed by atoms with Crippen molar-refractivity contribution in [2.24, 2.45) is 5.10 Å². The number of benzene rings is 2. The lowest BCUT2D eigenvalue weighted by atomic mass is 9.97. The van der Waals surface area contributed by atoms with Crippen molar-refractivity contribution < 1.29 is 19.4 Å². The maximum Gasteiger partial charge on any atom is 0.354 e. The number of methoxy groups -OCH3 is 1. The number of hydrogen-bond donors (Lipinski definition) is 1. The average Bonchev–Trinajstić information content (AvgIpc) is 2.99. The van der Waals surface area contributed by atoms with Gasteiger partial charge < -0.3 is 9.84 Å². The maximum absolute atomic E-state index is 13.0. The lowest BCUT2D eigenvalue weighted by Crippen LogP contribution is -2.43. The van der Waals surface area contributed by atoms with Gasteiger partial charge in [-0.05, 0) is 30.3 Å². The van der Waals surface area contributed by atoms with E-state index >= 15 is 0 Å². The molecule has 0 aromatic heterocycles. The first kappa shape index (κ1) is 18.6. The summed E-state index contributed by atoms with van der Waals surface area (Å²) in [6, 6.07) is 13.0. The number of nitrogens with zero attached hydrogens (tertiary/aromatic N) is 2. The molecule has 1 heterocycles. The molecular weight excluding hydrogens is 424 g/mol. The minimum absolute atomic E-state index is 0.0479. The molecule has 26 heavy (non-hydrogen) atoms. The Labute approximate surface area is 163 Å². The van der Waals surface area contributed by atoms with E-state index in [2.05, 4.69) is 25.8 Å². The molecule has 0 spiro atoms. The molecule has 2 aromatic rings. The van der Waals surface area contributed by atoms with Gasteiger partial charge in [0.05, 0.1) is 13.5 Å². The van der Waals surface area contributed by atoms with Crippen molar-refractivity contribution in [1.82, 2.24) is 5.01 Å². The van der Waals surface area contributed by atoms with Crippen LogP contribution in [0, 0.1) is 0 Å². The molecule has 0 radical (unpaired) electrons. The smallest absolute Gasteiger partial charge is 0.354 e. The van der Waals surface area contributed by atoms with Gasteiger partial charge in [-0.3, -0.25) is 4.79 Å². The van der Waals surface area contributed by atoms with E-state index in [1.165, 1.54) is 7.11 Å². The van der Waals surface area contributed by atoms with E-state index in [1.54, 1.807) is 48.5 Å². The van der Waals surface area contributed by atoms with Crippen molar-refractivity contribution in [3.05, 3.63) is 69.2 Å². The van der Waals surface area contributed by atoms with Crippen molar-refractivity contribution in [3.63, 3.8) is 0 Å². The van der Waals surface area contributed by atoms with Crippen LogP contribution < -0.4 is 0 Å². The molecule has 1 aliphatic heterocycles. The summed E-state index contributed by atoms with van der Waals surface area (Å²) in [7, 11) is 1.21. The lowest BCUT2D eigenvalue weighted by molar-refractivity contribution is -0.133. The molecule has 8 heteroatoms. The second-order valence-electron chi connectivity index (χ2n) is 5.67. The van der Waals surface area contributed by atoms with E-state index in [-0.39, 0.29) is 12.1 Å². The molecule has 0 saturated heterocycles. The predicted molar refractivity (Wildman–Crippen MR) is 99.7 cm³/mol. The van der Waals surface area contributed by atoms with Crippen LogP contribution in [0.3, 0.4) is 0 Å². The summed E-state index contributed by atoms with van der Waals surface area (Å²) in [6.07, 6.45) is -0.193. The molecule has 3 rings (SSSR count). The standard InChI is InChI=1S/C18H14BrClN2O4/c1-26-17(24)15-10-18(25,12-5-7-14(20)8-6-12)22(21-15)16(23)11-3-2-4-13(19)9-11/h2-9,25H,10H2,1H3/t18-/m0/s1. The normalized spacial score (nSPS) is 19.2. The number of carbonyl (C=O) groups excluding carboxylic acids is 2. The van der Waals surface area contributed by atoms with Crippen molar-refractivity contribution >= 4 is 45.1 Å². The first-order valence-corrected chi connectivity index (χ1v) is 8.76. The van der Waals surface area contributed by atoms with Gasteiger partial charge in [0, 0.05) is 20.6 Å². The number of carbonyl (C=O) groups is 2. The van der Waals surface area contributed by atoms with Crippen molar-refractivity contribution in [2.75, 3.05) is 7.11 Å². The Kier molecular flexibility index (Phi) is 5.13. The Hall–Kier alpha value is -2.22. The minimum Gasteiger partial charge on any atom is -0.464 e. The molecule has 0 unspecified atom stereocenters. The minimum atomic E-state index is -1.83. The summed E-state index contributed by atoms with van der Waals surface area (Å²) in [5, 5.41) is 16.7. The van der Waals surface area contributed by atoms with Crippen LogP contribution in [0.25, 0.3) is 0 Å². The number of ether oxygens (including phenoxy) is 1. The monoisotopic (exact) mass is 436 g/mol. The largest absolute Gasteiger partial charge is 0.464 e. The second-order valence-corrected chi connectivity index (χ2v) is 7.02. The van der Waals surface area contributed by atoms with Crippen LogP contribution in [0.15, 0.2) is 58.1 Å². The number of hydrogen-bond acceptors (Lipinski definition) is 5. The maximum atomic E-state index is 13.0. The van der Waals surface area contributed by atoms with E-state index in [0.717, 1.165) is 5.01 Å². The van der Waals surface area contributed by atoms with Crippen LogP contribution in [-0.2, 0) is 15.3 Å². The van der Waals surface area contributed by atoms with E-state index in [0.29, 0.717) is 20.6 Å². The zero-order chi connectivity index (χ0) is 18.9. The number of hydrazone groups is 1. The molecule has 2 aromatic carbocycles. The highest BCUT2D eigenvalue weighted by atomic mass is 79.9. The Morgan fingerprint density at radius 2 is 1.96 bits per heavy atom. The molecule has 0 saturated carbocycles. The van der Waals surface area contributed by atoms with Crippen LogP contribution in [0.1, 0.15) is 22.3 Å². The number of aliphatic hydroxyl groups is 1. The fourth-order valence-electron chi connectivity index (χ4n) is 2.68. The van der Waals surface area contributed by atoms with Gasteiger partial charge in [-0.25, -0.2) is 4.79 Å². The first-order valence-electron chi connectivity index (χ1n) is 7.59. The predicted octanol–water partition coefficient (Wildman–Crippen LogP) is 3.32. The molecule has 0 fully saturated rings. The second kappa shape index (κ2) is 7.19. The third kappa shape index (κ3) is 3.38. The topological polar surface area (TPSA) is 79.2 Å². The Morgan fingerprint density at radius 1 is 1.27 bits per heavy atom. The third-order valence-corrected chi connectivity index (χ3v) is 4.72. The quantitative estimate of drug-likeness (QED) is 0.747. The summed E-state index contributed by atoms with van der Waals surface area (Å²) in [5.41, 5.74) is -1.18. The van der Waals surface area contributed by atoms with E-state index in [9.17, 15) is 14.7 Å². The zero-order valence-electron chi connectivity index (χ0n) is 13.6. The van der Waals surface area contributed by atoms with Gasteiger partial charge in [0.1, 0.15) is 0 Å². The number of amides is 1. The van der Waals surface area contributed by atoms with Crippen LogP contribution in [0.5, 0.6) is 0 Å². The Morgan fingerprint density at radius 3 is 2.58 bits per heavy atom. The SMILES string of the molecule is COC(=O)C1=NN(C(=O)c2cccc(Br)c2)[C@@](O)(c2ccc(Cl)cc2)C1. The molecular formula is C18H14BrClN2O4. The van der Waals surface area contributed by atoms with Gasteiger partial charge in [0.2, 0.25) is 0 Å². The summed E-state index contributed by atoms with van der Waals surface area (Å²) < 4.78 is 5.39. The number of esters is 1. The summed E-state index contributed by atoms with van der Waals surface area (Å²) in [6.45, 7) is 0. The molecule has 134 valence electrons. The van der Waals surface area contributed by atoms with Crippen LogP contribution in [0.2, 0.25) is 5.02 Å². The average molecular weight is 438 g/mol. The molecule has 0 aliphatic carbocycles.